The molecular formula is C19H20ClN3O2S3. The van der Waals surface area contributed by atoms with Gasteiger partial charge in [0.25, 0.3) is 10.0 Å². The summed E-state index contributed by atoms with van der Waals surface area (Å²) >= 11 is 8.93. The maximum Gasteiger partial charge on any atom is 0.252 e. The fourth-order valence-electron chi connectivity index (χ4n) is 3.15. The minimum Gasteiger partial charge on any atom is -0.369 e. The molecule has 148 valence electrons. The summed E-state index contributed by atoms with van der Waals surface area (Å²) in [7, 11) is -3.49. The average Bonchev–Trinajstić information content (AvgIpc) is 3.30. The van der Waals surface area contributed by atoms with Gasteiger partial charge in [0.15, 0.2) is 0 Å². The Balaban J connectivity index is 1.49. The van der Waals surface area contributed by atoms with Crippen LogP contribution < -0.4 is 4.90 Å². The smallest absolute Gasteiger partial charge is 0.252 e. The van der Waals surface area contributed by atoms with Gasteiger partial charge in [-0.2, -0.15) is 4.31 Å². The van der Waals surface area contributed by atoms with E-state index in [-0.39, 0.29) is 0 Å². The number of thiophene rings is 1. The van der Waals surface area contributed by atoms with Crippen LogP contribution in [0.25, 0.3) is 10.6 Å². The third-order valence-electron chi connectivity index (χ3n) is 4.86. The van der Waals surface area contributed by atoms with Crippen molar-refractivity contribution in [2.75, 3.05) is 31.1 Å². The van der Waals surface area contributed by atoms with E-state index < -0.39 is 10.0 Å². The van der Waals surface area contributed by atoms with Gasteiger partial charge in [0.05, 0.1) is 5.69 Å². The van der Waals surface area contributed by atoms with Gasteiger partial charge in [0, 0.05) is 52.7 Å². The number of benzene rings is 1. The molecule has 1 saturated heterocycles. The van der Waals surface area contributed by atoms with Crippen molar-refractivity contribution in [3.8, 4) is 10.6 Å². The minimum atomic E-state index is -3.49. The first-order chi connectivity index (χ1) is 13.3. The summed E-state index contributed by atoms with van der Waals surface area (Å²) in [5.74, 6) is 0. The Hall–Kier alpha value is -1.45. The number of piperazine rings is 1. The Morgan fingerprint density at radius 2 is 1.86 bits per heavy atom. The van der Waals surface area contributed by atoms with Crippen molar-refractivity contribution in [1.82, 2.24) is 9.29 Å². The summed E-state index contributed by atoms with van der Waals surface area (Å²) < 4.78 is 28.1. The maximum atomic E-state index is 13.1. The predicted molar refractivity (Wildman–Crippen MR) is 117 cm³/mol. The number of sulfonamides is 1. The quantitative estimate of drug-likeness (QED) is 0.576. The highest BCUT2D eigenvalue weighted by molar-refractivity contribution is 7.91. The fraction of sp³-hybridized carbons (Fsp3) is 0.316. The molecule has 1 aliphatic rings. The third-order valence-corrected chi connectivity index (χ3v) is 9.53. The molecule has 4 rings (SSSR count). The van der Waals surface area contributed by atoms with Gasteiger partial charge in [-0.25, -0.2) is 13.4 Å². The summed E-state index contributed by atoms with van der Waals surface area (Å²) in [5, 5.41) is 3.44. The van der Waals surface area contributed by atoms with Crippen molar-refractivity contribution >= 4 is 50.0 Å². The second-order valence-electron chi connectivity index (χ2n) is 6.69. The number of aryl methyl sites for hydroxylation is 2. The largest absolute Gasteiger partial charge is 0.369 e. The molecule has 0 aliphatic carbocycles. The number of anilines is 1. The van der Waals surface area contributed by atoms with E-state index in [4.69, 9.17) is 11.6 Å². The fourth-order valence-corrected chi connectivity index (χ4v) is 7.05. The standard InChI is InChI=1S/C19H20ClN3O2S3/c1-13-14(2)27-19(21-13)15-10-18(26-12-15)28(24,25)23-8-6-22(7-9-23)17-5-3-4-16(20)11-17/h3-5,10-12H,6-9H2,1-2H3. The van der Waals surface area contributed by atoms with Crippen molar-refractivity contribution < 1.29 is 8.42 Å². The molecule has 5 nitrogen and oxygen atoms in total. The Bertz CT molecular complexity index is 1080. The second-order valence-corrected chi connectivity index (χ2v) is 11.4. The van der Waals surface area contributed by atoms with E-state index in [1.54, 1.807) is 21.7 Å². The second kappa shape index (κ2) is 7.76. The van der Waals surface area contributed by atoms with Gasteiger partial charge in [-0.05, 0) is 38.1 Å². The average molecular weight is 454 g/mol. The molecule has 28 heavy (non-hydrogen) atoms. The zero-order valence-corrected chi connectivity index (χ0v) is 18.8. The number of halogens is 1. The molecule has 1 aromatic carbocycles. The first kappa shape index (κ1) is 19.8. The molecule has 3 heterocycles. The van der Waals surface area contributed by atoms with Crippen LogP contribution in [-0.2, 0) is 10.0 Å². The highest BCUT2D eigenvalue weighted by Gasteiger charge is 2.30. The molecule has 0 saturated carbocycles. The van der Waals surface area contributed by atoms with Crippen LogP contribution in [0.4, 0.5) is 5.69 Å². The highest BCUT2D eigenvalue weighted by Crippen LogP contribution is 2.34. The monoisotopic (exact) mass is 453 g/mol. The Morgan fingerprint density at radius 3 is 2.50 bits per heavy atom. The van der Waals surface area contributed by atoms with Crippen LogP contribution in [0.3, 0.4) is 0 Å². The van der Waals surface area contributed by atoms with Crippen LogP contribution in [0.2, 0.25) is 5.02 Å². The highest BCUT2D eigenvalue weighted by atomic mass is 35.5. The molecule has 0 spiro atoms. The Morgan fingerprint density at radius 1 is 1.11 bits per heavy atom. The summed E-state index contributed by atoms with van der Waals surface area (Å²) in [4.78, 5) is 7.86. The zero-order chi connectivity index (χ0) is 19.9. The molecule has 1 fully saturated rings. The van der Waals surface area contributed by atoms with Gasteiger partial charge in [0.2, 0.25) is 0 Å². The number of hydrogen-bond acceptors (Lipinski definition) is 6. The number of aromatic nitrogens is 1. The lowest BCUT2D eigenvalue weighted by molar-refractivity contribution is 0.386. The number of rotatable bonds is 4. The summed E-state index contributed by atoms with van der Waals surface area (Å²) in [6, 6.07) is 9.41. The van der Waals surface area contributed by atoms with Gasteiger partial charge >= 0.3 is 0 Å². The molecule has 9 heteroatoms. The van der Waals surface area contributed by atoms with Gasteiger partial charge < -0.3 is 4.90 Å². The van der Waals surface area contributed by atoms with E-state index in [1.807, 2.05) is 43.5 Å². The summed E-state index contributed by atoms with van der Waals surface area (Å²) in [6.07, 6.45) is 0. The van der Waals surface area contributed by atoms with Crippen molar-refractivity contribution in [1.29, 1.82) is 0 Å². The minimum absolute atomic E-state index is 0.379. The molecule has 0 atom stereocenters. The van der Waals surface area contributed by atoms with E-state index in [0.29, 0.717) is 35.4 Å². The molecule has 0 unspecified atom stereocenters. The van der Waals surface area contributed by atoms with Crippen molar-refractivity contribution in [2.45, 2.75) is 18.1 Å². The van der Waals surface area contributed by atoms with Gasteiger partial charge in [0.1, 0.15) is 9.22 Å². The van der Waals surface area contributed by atoms with Gasteiger partial charge in [-0.15, -0.1) is 22.7 Å². The lowest BCUT2D eigenvalue weighted by atomic mass is 10.2. The zero-order valence-electron chi connectivity index (χ0n) is 15.6. The normalized spacial score (nSPS) is 15.9. The van der Waals surface area contributed by atoms with Crippen molar-refractivity contribution in [3.05, 3.63) is 51.3 Å². The SMILES string of the molecule is Cc1nc(-c2csc(S(=O)(=O)N3CCN(c4cccc(Cl)c4)CC3)c2)sc1C. The molecule has 0 N–H and O–H groups in total. The molecule has 0 bridgehead atoms. The number of thiazole rings is 1. The lowest BCUT2D eigenvalue weighted by Crippen LogP contribution is -2.48. The molecule has 2 aromatic heterocycles. The van der Waals surface area contributed by atoms with Gasteiger partial charge in [-0.3, -0.25) is 0 Å². The van der Waals surface area contributed by atoms with Crippen LogP contribution in [0, 0.1) is 13.8 Å². The number of nitrogens with zero attached hydrogens (tertiary/aromatic N) is 3. The summed E-state index contributed by atoms with van der Waals surface area (Å²) in [5.41, 5.74) is 2.90. The van der Waals surface area contributed by atoms with E-state index in [9.17, 15) is 8.42 Å². The van der Waals surface area contributed by atoms with Crippen LogP contribution >= 0.6 is 34.3 Å². The molecular weight excluding hydrogens is 434 g/mol. The van der Waals surface area contributed by atoms with Crippen LogP contribution in [0.5, 0.6) is 0 Å². The van der Waals surface area contributed by atoms with E-state index in [0.717, 1.165) is 26.8 Å². The van der Waals surface area contributed by atoms with Gasteiger partial charge in [-0.1, -0.05) is 17.7 Å². The lowest BCUT2D eigenvalue weighted by Gasteiger charge is -2.35. The third kappa shape index (κ3) is 3.84. The van der Waals surface area contributed by atoms with Crippen LogP contribution in [-0.4, -0.2) is 43.9 Å². The molecule has 0 radical (unpaired) electrons. The molecule has 1 aliphatic heterocycles. The van der Waals surface area contributed by atoms with E-state index in [2.05, 4.69) is 9.88 Å². The first-order valence-electron chi connectivity index (χ1n) is 8.88. The van der Waals surface area contributed by atoms with Crippen molar-refractivity contribution in [2.24, 2.45) is 0 Å². The van der Waals surface area contributed by atoms with Crippen LogP contribution in [0.15, 0.2) is 39.9 Å². The summed E-state index contributed by atoms with van der Waals surface area (Å²) in [6.45, 7) is 6.19. The maximum absolute atomic E-state index is 13.1. The van der Waals surface area contributed by atoms with E-state index >= 15 is 0 Å². The Kier molecular flexibility index (Phi) is 5.50. The topological polar surface area (TPSA) is 53.5 Å². The Labute approximate surface area is 178 Å². The van der Waals surface area contributed by atoms with Crippen molar-refractivity contribution in [3.63, 3.8) is 0 Å². The van der Waals surface area contributed by atoms with E-state index in [1.165, 1.54) is 11.3 Å². The predicted octanol–water partition coefficient (Wildman–Crippen LogP) is 4.65. The molecule has 3 aromatic rings. The van der Waals surface area contributed by atoms with Crippen LogP contribution in [0.1, 0.15) is 10.6 Å². The first-order valence-corrected chi connectivity index (χ1v) is 12.4. The molecule has 0 amide bonds. The number of hydrogen-bond donors (Lipinski definition) is 0.